The van der Waals surface area contributed by atoms with Gasteiger partial charge < -0.3 is 15.2 Å². The van der Waals surface area contributed by atoms with E-state index in [0.717, 1.165) is 33.5 Å². The molecule has 1 unspecified atom stereocenters. The Hall–Kier alpha value is -1.52. The molecule has 3 nitrogen and oxygen atoms in total. The summed E-state index contributed by atoms with van der Waals surface area (Å²) in [5, 5.41) is 0. The Bertz CT molecular complexity index is 630. The van der Waals surface area contributed by atoms with Crippen LogP contribution in [0.4, 0.5) is 0 Å². The van der Waals surface area contributed by atoms with Gasteiger partial charge in [0.15, 0.2) is 0 Å². The van der Waals surface area contributed by atoms with Crippen LogP contribution in [0.1, 0.15) is 29.7 Å². The Kier molecular flexibility index (Phi) is 3.68. The van der Waals surface area contributed by atoms with Gasteiger partial charge in [0.25, 0.3) is 0 Å². The van der Waals surface area contributed by atoms with Gasteiger partial charge in [-0.3, -0.25) is 0 Å². The molecule has 0 saturated heterocycles. The van der Waals surface area contributed by atoms with Crippen LogP contribution in [0.3, 0.4) is 0 Å². The van der Waals surface area contributed by atoms with Gasteiger partial charge in [0.2, 0.25) is 0 Å². The number of methoxy groups -OCH3 is 1. The zero-order valence-electron chi connectivity index (χ0n) is 11.2. The van der Waals surface area contributed by atoms with Crippen molar-refractivity contribution in [2.75, 3.05) is 7.11 Å². The third-order valence-electron chi connectivity index (χ3n) is 3.60. The van der Waals surface area contributed by atoms with Gasteiger partial charge in [-0.2, -0.15) is 0 Å². The zero-order chi connectivity index (χ0) is 14.1. The van der Waals surface area contributed by atoms with E-state index in [-0.39, 0.29) is 12.1 Å². The van der Waals surface area contributed by atoms with Crippen LogP contribution in [-0.2, 0) is 0 Å². The van der Waals surface area contributed by atoms with E-state index in [4.69, 9.17) is 15.2 Å². The molecule has 2 atom stereocenters. The molecule has 104 valence electrons. The molecule has 2 aromatic rings. The zero-order valence-corrected chi connectivity index (χ0v) is 12.8. The van der Waals surface area contributed by atoms with Crippen LogP contribution >= 0.6 is 15.9 Å². The fraction of sp³-hybridized carbons (Fsp3) is 0.250. The molecule has 0 aliphatic carbocycles. The average molecular weight is 334 g/mol. The van der Waals surface area contributed by atoms with E-state index in [9.17, 15) is 0 Å². The fourth-order valence-electron chi connectivity index (χ4n) is 2.54. The molecule has 0 fully saturated rings. The van der Waals surface area contributed by atoms with Crippen molar-refractivity contribution >= 4 is 15.9 Å². The Morgan fingerprint density at radius 2 is 2.05 bits per heavy atom. The number of halogens is 1. The van der Waals surface area contributed by atoms with E-state index in [1.807, 2.05) is 42.5 Å². The van der Waals surface area contributed by atoms with Gasteiger partial charge in [-0.05, 0) is 39.7 Å². The first-order chi connectivity index (χ1) is 9.69. The maximum atomic E-state index is 6.25. The van der Waals surface area contributed by atoms with Crippen molar-refractivity contribution in [3.8, 4) is 11.5 Å². The van der Waals surface area contributed by atoms with Crippen molar-refractivity contribution < 1.29 is 9.47 Å². The smallest absolute Gasteiger partial charge is 0.133 e. The molecule has 0 radical (unpaired) electrons. The predicted octanol–water partition coefficient (Wildman–Crippen LogP) is 3.98. The van der Waals surface area contributed by atoms with Crippen LogP contribution in [0.5, 0.6) is 11.5 Å². The van der Waals surface area contributed by atoms with Crippen LogP contribution in [0.2, 0.25) is 0 Å². The van der Waals surface area contributed by atoms with Crippen molar-refractivity contribution in [1.82, 2.24) is 0 Å². The molecule has 4 heteroatoms. The number of rotatable bonds is 2. The second kappa shape index (κ2) is 5.46. The van der Waals surface area contributed by atoms with E-state index in [1.165, 1.54) is 0 Å². The lowest BCUT2D eigenvalue weighted by atomic mass is 9.93. The number of benzene rings is 2. The van der Waals surface area contributed by atoms with Crippen molar-refractivity contribution in [2.24, 2.45) is 5.73 Å². The molecule has 0 bridgehead atoms. The maximum Gasteiger partial charge on any atom is 0.133 e. The topological polar surface area (TPSA) is 44.5 Å². The second-order valence-electron chi connectivity index (χ2n) is 4.88. The van der Waals surface area contributed by atoms with Crippen molar-refractivity contribution in [2.45, 2.75) is 18.6 Å². The first-order valence-electron chi connectivity index (χ1n) is 6.53. The lowest BCUT2D eigenvalue weighted by Gasteiger charge is -2.30. The predicted molar refractivity (Wildman–Crippen MR) is 82.1 cm³/mol. The quantitative estimate of drug-likeness (QED) is 0.903. The summed E-state index contributed by atoms with van der Waals surface area (Å²) < 4.78 is 12.3. The molecule has 0 spiro atoms. The number of ether oxygens (including phenoxy) is 2. The summed E-state index contributed by atoms with van der Waals surface area (Å²) in [5.74, 6) is 1.69. The molecule has 0 aromatic heterocycles. The largest absolute Gasteiger partial charge is 0.496 e. The molecule has 3 rings (SSSR count). The van der Waals surface area contributed by atoms with Gasteiger partial charge in [-0.1, -0.05) is 24.3 Å². The van der Waals surface area contributed by atoms with E-state index >= 15 is 0 Å². The van der Waals surface area contributed by atoms with Gasteiger partial charge in [0.05, 0.1) is 11.6 Å². The Balaban J connectivity index is 1.91. The molecule has 20 heavy (non-hydrogen) atoms. The summed E-state index contributed by atoms with van der Waals surface area (Å²) >= 11 is 3.51. The number of fused-ring (bicyclic) bond motifs is 1. The minimum atomic E-state index is -0.0258. The fourth-order valence-corrected chi connectivity index (χ4v) is 3.10. The molecule has 1 heterocycles. The second-order valence-corrected chi connectivity index (χ2v) is 5.73. The molecular weight excluding hydrogens is 318 g/mol. The molecule has 1 aliphatic heterocycles. The van der Waals surface area contributed by atoms with E-state index in [1.54, 1.807) is 7.11 Å². The first kappa shape index (κ1) is 13.5. The normalized spacial score (nSPS) is 20.9. The summed E-state index contributed by atoms with van der Waals surface area (Å²) in [6, 6.07) is 14.0. The lowest BCUT2D eigenvalue weighted by Crippen LogP contribution is -2.24. The Labute approximate surface area is 126 Å². The minimum Gasteiger partial charge on any atom is -0.496 e. The molecule has 0 amide bonds. The molecular formula is C16H16BrNO2. The highest BCUT2D eigenvalue weighted by atomic mass is 79.9. The van der Waals surface area contributed by atoms with Gasteiger partial charge in [0.1, 0.15) is 17.6 Å². The minimum absolute atomic E-state index is 0.00540. The van der Waals surface area contributed by atoms with Crippen LogP contribution < -0.4 is 15.2 Å². The first-order valence-corrected chi connectivity index (χ1v) is 7.33. The monoisotopic (exact) mass is 333 g/mol. The number of nitrogens with two attached hydrogens (primary N) is 1. The molecule has 2 aromatic carbocycles. The summed E-state index contributed by atoms with van der Waals surface area (Å²) in [6.07, 6.45) is 0.748. The Morgan fingerprint density at radius 1 is 1.25 bits per heavy atom. The molecule has 0 saturated carbocycles. The van der Waals surface area contributed by atoms with E-state index < -0.39 is 0 Å². The summed E-state index contributed by atoms with van der Waals surface area (Å²) in [4.78, 5) is 0. The van der Waals surface area contributed by atoms with Crippen LogP contribution in [0.25, 0.3) is 0 Å². The van der Waals surface area contributed by atoms with E-state index in [0.29, 0.717) is 0 Å². The number of hydrogen-bond donors (Lipinski definition) is 1. The Morgan fingerprint density at radius 3 is 2.80 bits per heavy atom. The van der Waals surface area contributed by atoms with Crippen LogP contribution in [0, 0.1) is 0 Å². The van der Waals surface area contributed by atoms with Gasteiger partial charge in [-0.25, -0.2) is 0 Å². The van der Waals surface area contributed by atoms with E-state index in [2.05, 4.69) is 15.9 Å². The van der Waals surface area contributed by atoms with Gasteiger partial charge >= 0.3 is 0 Å². The highest BCUT2D eigenvalue weighted by Gasteiger charge is 2.27. The lowest BCUT2D eigenvalue weighted by molar-refractivity contribution is 0.161. The van der Waals surface area contributed by atoms with Gasteiger partial charge in [-0.15, -0.1) is 0 Å². The summed E-state index contributed by atoms with van der Waals surface area (Å²) in [6.45, 7) is 0. The van der Waals surface area contributed by atoms with Crippen LogP contribution in [0.15, 0.2) is 46.9 Å². The molecule has 1 aliphatic rings. The SMILES string of the molecule is COc1ccc(C2C[C@H](N)c3ccccc3O2)cc1Br. The number of hydrogen-bond acceptors (Lipinski definition) is 3. The standard InChI is InChI=1S/C16H16BrNO2/c1-19-15-7-6-10(8-12(15)17)16-9-13(18)11-4-2-3-5-14(11)20-16/h2-8,13,16H,9,18H2,1H3/t13-,16?/m0/s1. The van der Waals surface area contributed by atoms with Crippen molar-refractivity contribution in [3.05, 3.63) is 58.1 Å². The third kappa shape index (κ3) is 2.41. The highest BCUT2D eigenvalue weighted by molar-refractivity contribution is 9.10. The average Bonchev–Trinajstić information content (AvgIpc) is 2.47. The third-order valence-corrected chi connectivity index (χ3v) is 4.22. The van der Waals surface area contributed by atoms with Gasteiger partial charge in [0, 0.05) is 18.0 Å². The number of para-hydroxylation sites is 1. The summed E-state index contributed by atoms with van der Waals surface area (Å²) in [5.41, 5.74) is 8.43. The van der Waals surface area contributed by atoms with Crippen LogP contribution in [-0.4, -0.2) is 7.11 Å². The van der Waals surface area contributed by atoms with Crippen molar-refractivity contribution in [1.29, 1.82) is 0 Å². The van der Waals surface area contributed by atoms with Crippen molar-refractivity contribution in [3.63, 3.8) is 0 Å². The summed E-state index contributed by atoms with van der Waals surface area (Å²) in [7, 11) is 1.66. The highest BCUT2D eigenvalue weighted by Crippen LogP contribution is 2.40. The maximum absolute atomic E-state index is 6.25. The molecule has 2 N–H and O–H groups in total.